The van der Waals surface area contributed by atoms with E-state index in [1.54, 1.807) is 0 Å². The van der Waals surface area contributed by atoms with Gasteiger partial charge in [0.15, 0.2) is 5.69 Å². The largest absolute Gasteiger partial charge is 0.872 e. The van der Waals surface area contributed by atoms with E-state index in [0.717, 1.165) is 12.1 Å². The number of hydrogen-bond donors (Lipinski definition) is 0. The van der Waals surface area contributed by atoms with Crippen LogP contribution < -0.4 is 5.11 Å². The van der Waals surface area contributed by atoms with Crippen molar-refractivity contribution >= 4 is 17.2 Å². The number of alkyl halides is 11. The average molecular weight is 452 g/mol. The Bertz CT molecular complexity index is 915. The maximum absolute atomic E-state index is 14.5. The van der Waals surface area contributed by atoms with Crippen LogP contribution in [0, 0.1) is 6.57 Å². The van der Waals surface area contributed by atoms with Gasteiger partial charge < -0.3 is 5.11 Å². The van der Waals surface area contributed by atoms with Crippen LogP contribution in [-0.2, 0) is 4.79 Å². The fraction of sp³-hybridized carbons (Fsp3) is 0.375. The Hall–Kier alpha value is -2.85. The second kappa shape index (κ2) is 6.32. The van der Waals surface area contributed by atoms with Crippen molar-refractivity contribution < 1.29 is 58.2 Å². The number of allylic oxidation sites excluding steroid dienone is 1. The molecule has 1 fully saturated rings. The first-order valence-electron chi connectivity index (χ1n) is 7.33. The second-order valence-electron chi connectivity index (χ2n) is 6.06. The number of halogens is 11. The summed E-state index contributed by atoms with van der Waals surface area (Å²) in [6.07, 6.45) is -0.954. The fourth-order valence-electron chi connectivity index (χ4n) is 2.53. The number of rotatable bonds is 3. The van der Waals surface area contributed by atoms with E-state index in [2.05, 4.69) is 4.85 Å². The van der Waals surface area contributed by atoms with Crippen molar-refractivity contribution in [3.63, 3.8) is 0 Å². The van der Waals surface area contributed by atoms with E-state index in [4.69, 9.17) is 6.57 Å². The molecule has 1 aliphatic carbocycles. The third-order valence-electron chi connectivity index (χ3n) is 4.33. The van der Waals surface area contributed by atoms with Crippen LogP contribution in [0.15, 0.2) is 30.3 Å². The maximum atomic E-state index is 14.5. The third kappa shape index (κ3) is 2.46. The number of ketones is 1. The minimum absolute atomic E-state index is 0.119. The van der Waals surface area contributed by atoms with Crippen molar-refractivity contribution in [1.82, 2.24) is 0 Å². The van der Waals surface area contributed by atoms with Gasteiger partial charge in [0.05, 0.1) is 6.57 Å². The first-order chi connectivity index (χ1) is 13.3. The molecular formula is C16H5F11NO2-. The normalized spacial score (nSPS) is 25.2. The highest BCUT2D eigenvalue weighted by Crippen LogP contribution is 2.69. The molecule has 30 heavy (non-hydrogen) atoms. The Morgan fingerprint density at radius 1 is 0.767 bits per heavy atom. The summed E-state index contributed by atoms with van der Waals surface area (Å²) in [5.41, 5.74) is -7.77. The molecule has 3 nitrogen and oxygen atoms in total. The van der Waals surface area contributed by atoms with Crippen molar-refractivity contribution in [1.29, 1.82) is 0 Å². The van der Waals surface area contributed by atoms with E-state index in [1.165, 1.54) is 0 Å². The fourth-order valence-corrected chi connectivity index (χ4v) is 2.53. The van der Waals surface area contributed by atoms with Crippen LogP contribution >= 0.6 is 0 Å². The molecule has 1 aliphatic rings. The summed E-state index contributed by atoms with van der Waals surface area (Å²) in [4.78, 5) is 14.5. The van der Waals surface area contributed by atoms with E-state index in [-0.39, 0.29) is 5.69 Å². The average Bonchev–Trinajstić information content (AvgIpc) is 2.65. The Morgan fingerprint density at radius 3 is 1.50 bits per heavy atom. The van der Waals surface area contributed by atoms with Gasteiger partial charge in [-0.15, -0.1) is 0 Å². The summed E-state index contributed by atoms with van der Waals surface area (Å²) in [5, 5.41) is 11.8. The van der Waals surface area contributed by atoms with Gasteiger partial charge in [0.1, 0.15) is 0 Å². The molecule has 0 radical (unpaired) electrons. The van der Waals surface area contributed by atoms with E-state index in [0.29, 0.717) is 12.1 Å². The van der Waals surface area contributed by atoms with Gasteiger partial charge in [0.25, 0.3) is 0 Å². The first kappa shape index (κ1) is 23.4. The van der Waals surface area contributed by atoms with Gasteiger partial charge >= 0.3 is 35.3 Å². The predicted molar refractivity (Wildman–Crippen MR) is 74.3 cm³/mol. The standard InChI is InChI=1S/C16H6F11NO2/c1-28-8-4-2-7(3-5-8)9(29)6-10(30)11(17)12(18,19)14(22,23)16(26,27)15(24,25)13(11,20)21/h2-6,29H/p-1/b9-6-. The molecule has 0 N–H and O–H groups in total. The van der Waals surface area contributed by atoms with Gasteiger partial charge in [-0.3, -0.25) is 4.79 Å². The maximum Gasteiger partial charge on any atom is 0.384 e. The highest BCUT2D eigenvalue weighted by Gasteiger charge is 3.02. The van der Waals surface area contributed by atoms with E-state index >= 15 is 0 Å². The van der Waals surface area contributed by atoms with E-state index in [9.17, 15) is 58.2 Å². The highest BCUT2D eigenvalue weighted by molar-refractivity contribution is 6.03. The van der Waals surface area contributed by atoms with Crippen LogP contribution in [0.2, 0.25) is 0 Å². The molecule has 1 aromatic carbocycles. The Morgan fingerprint density at radius 2 is 1.13 bits per heavy atom. The molecule has 0 atom stereocenters. The van der Waals surface area contributed by atoms with E-state index in [1.807, 2.05) is 0 Å². The lowest BCUT2D eigenvalue weighted by Crippen LogP contribution is -2.85. The molecular weight excluding hydrogens is 447 g/mol. The van der Waals surface area contributed by atoms with Crippen LogP contribution in [0.3, 0.4) is 0 Å². The van der Waals surface area contributed by atoms with E-state index < -0.39 is 58.5 Å². The zero-order chi connectivity index (χ0) is 23.6. The summed E-state index contributed by atoms with van der Waals surface area (Å²) < 4.78 is 149. The molecule has 0 saturated heterocycles. The van der Waals surface area contributed by atoms with Crippen molar-refractivity contribution in [2.75, 3.05) is 0 Å². The molecule has 0 heterocycles. The molecule has 0 unspecified atom stereocenters. The number of nitrogens with zero attached hydrogens (tertiary/aromatic N) is 1. The summed E-state index contributed by atoms with van der Waals surface area (Å²) in [7, 11) is 0. The smallest absolute Gasteiger partial charge is 0.384 e. The van der Waals surface area contributed by atoms with Gasteiger partial charge in [0, 0.05) is 0 Å². The predicted octanol–water partition coefficient (Wildman–Crippen LogP) is 4.41. The zero-order valence-corrected chi connectivity index (χ0v) is 13.8. The van der Waals surface area contributed by atoms with Crippen LogP contribution in [-0.4, -0.2) is 41.1 Å². The number of carbonyl (C=O) groups is 1. The lowest BCUT2D eigenvalue weighted by atomic mass is 9.70. The monoisotopic (exact) mass is 452 g/mol. The van der Waals surface area contributed by atoms with Gasteiger partial charge in [-0.05, 0) is 11.6 Å². The lowest BCUT2D eigenvalue weighted by Gasteiger charge is -2.51. The topological polar surface area (TPSA) is 44.5 Å². The molecule has 0 aliphatic heterocycles. The summed E-state index contributed by atoms with van der Waals surface area (Å²) in [6, 6.07) is 3.19. The molecule has 1 saturated carbocycles. The molecule has 2 rings (SSSR count). The molecule has 164 valence electrons. The van der Waals surface area contributed by atoms with Crippen LogP contribution in [0.4, 0.5) is 54.0 Å². The SMILES string of the molecule is [C-]#[N+]c1ccc(/C([O-])=C/C(=O)C2(F)C(F)(F)C(F)(F)C(F)(F)C(F)(F)C2(F)F)cc1. The zero-order valence-electron chi connectivity index (χ0n) is 13.8. The Balaban J connectivity index is 2.69. The van der Waals surface area contributed by atoms with Crippen molar-refractivity contribution in [3.8, 4) is 0 Å². The van der Waals surface area contributed by atoms with Crippen molar-refractivity contribution in [2.45, 2.75) is 35.3 Å². The van der Waals surface area contributed by atoms with Crippen LogP contribution in [0.1, 0.15) is 5.56 Å². The summed E-state index contributed by atoms with van der Waals surface area (Å²) in [5.74, 6) is -42.5. The van der Waals surface area contributed by atoms with Gasteiger partial charge in [-0.2, -0.15) is 43.9 Å². The van der Waals surface area contributed by atoms with Crippen molar-refractivity contribution in [2.24, 2.45) is 0 Å². The quantitative estimate of drug-likeness (QED) is 0.295. The second-order valence-corrected chi connectivity index (χ2v) is 6.06. The number of carbonyl (C=O) groups excluding carboxylic acids is 1. The molecule has 14 heteroatoms. The van der Waals surface area contributed by atoms with Gasteiger partial charge in [-0.25, -0.2) is 9.24 Å². The van der Waals surface area contributed by atoms with Gasteiger partial charge in [0.2, 0.25) is 5.78 Å². The highest BCUT2D eigenvalue weighted by atomic mass is 19.4. The Kier molecular flexibility index (Phi) is 4.94. The molecule has 0 spiro atoms. The molecule has 0 amide bonds. The molecule has 0 bridgehead atoms. The lowest BCUT2D eigenvalue weighted by molar-refractivity contribution is -0.475. The Labute approximate surface area is 159 Å². The third-order valence-corrected chi connectivity index (χ3v) is 4.33. The minimum atomic E-state index is -7.46. The number of hydrogen-bond acceptors (Lipinski definition) is 2. The molecule has 1 aromatic rings. The van der Waals surface area contributed by atoms with Crippen LogP contribution in [0.5, 0.6) is 0 Å². The minimum Gasteiger partial charge on any atom is -0.872 e. The summed E-state index contributed by atoms with van der Waals surface area (Å²) in [6.45, 7) is 6.65. The van der Waals surface area contributed by atoms with Crippen LogP contribution in [0.25, 0.3) is 10.6 Å². The molecule has 0 aromatic heterocycles. The van der Waals surface area contributed by atoms with Crippen molar-refractivity contribution in [3.05, 3.63) is 47.3 Å². The van der Waals surface area contributed by atoms with Gasteiger partial charge in [-0.1, -0.05) is 30.0 Å². The first-order valence-corrected chi connectivity index (χ1v) is 7.33. The number of benzene rings is 1. The summed E-state index contributed by atoms with van der Waals surface area (Å²) >= 11 is 0.